The molecule has 2 heterocycles. The number of carbonyl (C=O) groups is 2. The smallest absolute Gasteiger partial charge is 0.250 e. The first-order chi connectivity index (χ1) is 17.3. The first-order valence-electron chi connectivity index (χ1n) is 13.7. The van der Waals surface area contributed by atoms with Crippen LogP contribution in [0.1, 0.15) is 89.2 Å². The van der Waals surface area contributed by atoms with Crippen LogP contribution in [0.2, 0.25) is 5.02 Å². The van der Waals surface area contributed by atoms with Gasteiger partial charge in [0.2, 0.25) is 5.91 Å². The molecule has 36 heavy (non-hydrogen) atoms. The SMILES string of the molecule is C[C@H](c1ccc(Cl)cc1)N1C(=O)CN(C2(C3CCCCCCCC3)NCC(Cl)CC2F)C(=O)C12CC2. The Kier molecular flexibility index (Phi) is 7.59. The normalized spacial score (nSPS) is 32.7. The topological polar surface area (TPSA) is 52.7 Å². The van der Waals surface area contributed by atoms with Gasteiger partial charge in [0.1, 0.15) is 23.9 Å². The molecular formula is C28H38Cl2FN3O2. The largest absolute Gasteiger partial charge is 0.320 e. The second-order valence-corrected chi connectivity index (χ2v) is 12.4. The second-order valence-electron chi connectivity index (χ2n) is 11.3. The molecule has 2 aliphatic carbocycles. The fourth-order valence-electron chi connectivity index (χ4n) is 7.06. The molecule has 5 rings (SSSR count). The fourth-order valence-corrected chi connectivity index (χ4v) is 7.42. The molecule has 1 N–H and O–H groups in total. The van der Waals surface area contributed by atoms with Gasteiger partial charge in [-0.2, -0.15) is 0 Å². The van der Waals surface area contributed by atoms with Crippen molar-refractivity contribution in [1.29, 1.82) is 0 Å². The molecule has 8 heteroatoms. The van der Waals surface area contributed by atoms with Crippen molar-refractivity contribution in [2.45, 2.75) is 106 Å². The summed E-state index contributed by atoms with van der Waals surface area (Å²) < 4.78 is 16.3. The van der Waals surface area contributed by atoms with Gasteiger partial charge in [0.15, 0.2) is 0 Å². The molecule has 2 amide bonds. The van der Waals surface area contributed by atoms with E-state index >= 15 is 4.39 Å². The van der Waals surface area contributed by atoms with Gasteiger partial charge in [0.25, 0.3) is 5.91 Å². The summed E-state index contributed by atoms with van der Waals surface area (Å²) in [6.45, 7) is 2.30. The van der Waals surface area contributed by atoms with Crippen molar-refractivity contribution in [3.05, 3.63) is 34.9 Å². The maximum absolute atomic E-state index is 16.3. The van der Waals surface area contributed by atoms with E-state index in [0.29, 0.717) is 24.4 Å². The number of nitrogens with zero attached hydrogens (tertiary/aromatic N) is 2. The zero-order valence-electron chi connectivity index (χ0n) is 21.2. The van der Waals surface area contributed by atoms with Gasteiger partial charge in [-0.25, -0.2) is 4.39 Å². The van der Waals surface area contributed by atoms with Gasteiger partial charge in [0, 0.05) is 16.9 Å². The quantitative estimate of drug-likeness (QED) is 0.480. The maximum atomic E-state index is 16.3. The summed E-state index contributed by atoms with van der Waals surface area (Å²) in [5.74, 6) is -0.257. The van der Waals surface area contributed by atoms with Gasteiger partial charge in [-0.3, -0.25) is 14.9 Å². The molecule has 0 radical (unpaired) electrons. The van der Waals surface area contributed by atoms with Crippen LogP contribution in [0, 0.1) is 5.92 Å². The van der Waals surface area contributed by atoms with Crippen molar-refractivity contribution < 1.29 is 14.0 Å². The lowest BCUT2D eigenvalue weighted by Gasteiger charge is -2.57. The van der Waals surface area contributed by atoms with E-state index in [2.05, 4.69) is 5.32 Å². The molecule has 1 spiro atoms. The first-order valence-corrected chi connectivity index (χ1v) is 14.5. The molecule has 3 unspecified atom stereocenters. The number of amides is 2. The second kappa shape index (κ2) is 10.4. The zero-order chi connectivity index (χ0) is 25.5. The number of hydrogen-bond acceptors (Lipinski definition) is 3. The highest BCUT2D eigenvalue weighted by Gasteiger charge is 2.67. The minimum Gasteiger partial charge on any atom is -0.320 e. The Bertz CT molecular complexity index is 962. The summed E-state index contributed by atoms with van der Waals surface area (Å²) in [5.41, 5.74) is -1.12. The molecule has 4 atom stereocenters. The summed E-state index contributed by atoms with van der Waals surface area (Å²) in [6, 6.07) is 7.17. The van der Waals surface area contributed by atoms with Crippen LogP contribution in [0.25, 0.3) is 0 Å². The fraction of sp³-hybridized carbons (Fsp3) is 0.714. The number of alkyl halides is 2. The lowest BCUT2D eigenvalue weighted by atomic mass is 9.76. The zero-order valence-corrected chi connectivity index (χ0v) is 22.7. The molecule has 1 aromatic rings. The molecule has 4 fully saturated rings. The molecule has 2 saturated heterocycles. The van der Waals surface area contributed by atoms with Crippen LogP contribution in [0.5, 0.6) is 0 Å². The molecule has 198 valence electrons. The minimum absolute atomic E-state index is 0.0393. The van der Waals surface area contributed by atoms with Gasteiger partial charge >= 0.3 is 0 Å². The highest BCUT2D eigenvalue weighted by molar-refractivity contribution is 6.30. The molecule has 0 aromatic heterocycles. The predicted molar refractivity (Wildman–Crippen MR) is 141 cm³/mol. The summed E-state index contributed by atoms with van der Waals surface area (Å²) in [7, 11) is 0. The van der Waals surface area contributed by atoms with E-state index < -0.39 is 17.4 Å². The number of benzene rings is 1. The van der Waals surface area contributed by atoms with Gasteiger partial charge in [-0.15, -0.1) is 11.6 Å². The average Bonchev–Trinajstić information content (AvgIpc) is 3.61. The van der Waals surface area contributed by atoms with Crippen molar-refractivity contribution in [2.75, 3.05) is 13.1 Å². The van der Waals surface area contributed by atoms with Gasteiger partial charge in [-0.1, -0.05) is 62.3 Å². The Morgan fingerprint density at radius 3 is 2.22 bits per heavy atom. The average molecular weight is 539 g/mol. The molecule has 5 nitrogen and oxygen atoms in total. The third-order valence-corrected chi connectivity index (χ3v) is 9.69. The highest BCUT2D eigenvalue weighted by Crippen LogP contribution is 2.52. The van der Waals surface area contributed by atoms with Crippen LogP contribution < -0.4 is 5.32 Å². The number of halogens is 3. The summed E-state index contributed by atoms with van der Waals surface area (Å²) in [5, 5.41) is 3.76. The summed E-state index contributed by atoms with van der Waals surface area (Å²) in [4.78, 5) is 31.6. The number of piperazine rings is 1. The van der Waals surface area contributed by atoms with Crippen molar-refractivity contribution in [1.82, 2.24) is 15.1 Å². The lowest BCUT2D eigenvalue weighted by molar-refractivity contribution is -0.179. The van der Waals surface area contributed by atoms with Gasteiger partial charge in [-0.05, 0) is 62.6 Å². The monoisotopic (exact) mass is 537 g/mol. The Balaban J connectivity index is 1.49. The minimum atomic E-state index is -1.31. The Morgan fingerprint density at radius 1 is 1.03 bits per heavy atom. The molecule has 4 aliphatic rings. The van der Waals surface area contributed by atoms with Crippen LogP contribution in [-0.2, 0) is 9.59 Å². The van der Waals surface area contributed by atoms with E-state index in [1.807, 2.05) is 31.2 Å². The van der Waals surface area contributed by atoms with E-state index in [-0.39, 0.29) is 42.1 Å². The summed E-state index contributed by atoms with van der Waals surface area (Å²) >= 11 is 12.5. The third-order valence-electron chi connectivity index (χ3n) is 9.10. The van der Waals surface area contributed by atoms with E-state index in [0.717, 1.165) is 44.1 Å². The number of hydrogen-bond donors (Lipinski definition) is 1. The van der Waals surface area contributed by atoms with Crippen molar-refractivity contribution in [3.8, 4) is 0 Å². The predicted octanol–water partition coefficient (Wildman–Crippen LogP) is 5.99. The van der Waals surface area contributed by atoms with Crippen LogP contribution in [0.15, 0.2) is 24.3 Å². The first kappa shape index (κ1) is 26.2. The third kappa shape index (κ3) is 4.56. The van der Waals surface area contributed by atoms with Crippen LogP contribution in [-0.4, -0.2) is 57.5 Å². The molecule has 2 saturated carbocycles. The molecule has 0 bridgehead atoms. The van der Waals surface area contributed by atoms with Crippen LogP contribution >= 0.6 is 23.2 Å². The van der Waals surface area contributed by atoms with E-state index in [4.69, 9.17) is 23.2 Å². The van der Waals surface area contributed by atoms with Crippen molar-refractivity contribution >= 4 is 35.0 Å². The van der Waals surface area contributed by atoms with Crippen molar-refractivity contribution in [2.24, 2.45) is 5.92 Å². The summed E-state index contributed by atoms with van der Waals surface area (Å²) in [6.07, 6.45) is 8.53. The molecule has 1 aromatic carbocycles. The number of rotatable bonds is 4. The van der Waals surface area contributed by atoms with E-state index in [9.17, 15) is 9.59 Å². The van der Waals surface area contributed by atoms with Gasteiger partial charge < -0.3 is 9.80 Å². The standard InChI is InChI=1S/C28H38Cl2FN3O2/c1-19(20-10-12-22(29)13-11-20)34-25(35)18-33(26(36)27(34)14-15-27)28(24(31)16-23(30)17-32-28)21-8-6-4-2-3-5-7-9-21/h10-13,19,21,23-24,32H,2-9,14-18H2,1H3/t19-,23?,24?,28?/m1/s1. The number of carbonyl (C=O) groups excluding carboxylic acids is 2. The van der Waals surface area contributed by atoms with E-state index in [1.54, 1.807) is 9.80 Å². The van der Waals surface area contributed by atoms with E-state index in [1.165, 1.54) is 12.8 Å². The van der Waals surface area contributed by atoms with Crippen LogP contribution in [0.4, 0.5) is 4.39 Å². The molecule has 2 aliphatic heterocycles. The maximum Gasteiger partial charge on any atom is 0.250 e. The number of nitrogens with one attached hydrogen (secondary N) is 1. The number of piperidine rings is 1. The van der Waals surface area contributed by atoms with Gasteiger partial charge in [0.05, 0.1) is 6.04 Å². The highest BCUT2D eigenvalue weighted by atomic mass is 35.5. The van der Waals surface area contributed by atoms with Crippen molar-refractivity contribution in [3.63, 3.8) is 0 Å². The lowest BCUT2D eigenvalue weighted by Crippen LogP contribution is -2.78. The molecular weight excluding hydrogens is 500 g/mol. The Morgan fingerprint density at radius 2 is 1.64 bits per heavy atom. The van der Waals surface area contributed by atoms with Crippen LogP contribution in [0.3, 0.4) is 0 Å². The Labute approximate surface area is 224 Å². The Hall–Kier alpha value is -1.37.